The average molecular weight is 586 g/mol. The summed E-state index contributed by atoms with van der Waals surface area (Å²) in [6.07, 6.45) is 17.3. The third kappa shape index (κ3) is 4.30. The standard InChI is InChI=1S/C35H39N9/c1-26-32(42-16-12-38(4)24-42)20-29(21-33(26)43-17-13-39(5)25-43)44-34-18-27(40-14-10-36(2)22-40)6-8-30(34)31-9-7-28(19-35(31)44)41-15-11-37(3)23-41/h6-21H,22-25H2,1-5H3. The van der Waals surface area contributed by atoms with E-state index >= 15 is 0 Å². The van der Waals surface area contributed by atoms with E-state index in [-0.39, 0.29) is 0 Å². The summed E-state index contributed by atoms with van der Waals surface area (Å²) in [5.74, 6) is 0. The number of aromatic nitrogens is 1. The highest BCUT2D eigenvalue weighted by atomic mass is 15.4. The van der Waals surface area contributed by atoms with Crippen LogP contribution in [0.25, 0.3) is 27.5 Å². The van der Waals surface area contributed by atoms with Crippen molar-refractivity contribution in [2.24, 2.45) is 0 Å². The van der Waals surface area contributed by atoms with Crippen LogP contribution in [0.15, 0.2) is 98.1 Å². The van der Waals surface area contributed by atoms with Crippen LogP contribution in [0.4, 0.5) is 22.7 Å². The second-order valence-corrected chi connectivity index (χ2v) is 12.5. The number of nitrogens with zero attached hydrogens (tertiary/aromatic N) is 9. The molecule has 0 N–H and O–H groups in total. The molecule has 4 aromatic rings. The zero-order valence-electron chi connectivity index (χ0n) is 26.1. The van der Waals surface area contributed by atoms with Gasteiger partial charge in [-0.25, -0.2) is 0 Å². The molecule has 0 amide bonds. The van der Waals surface area contributed by atoms with Crippen LogP contribution >= 0.6 is 0 Å². The zero-order valence-corrected chi connectivity index (χ0v) is 26.1. The van der Waals surface area contributed by atoms with Gasteiger partial charge in [0.15, 0.2) is 0 Å². The van der Waals surface area contributed by atoms with Gasteiger partial charge in [0.1, 0.15) is 0 Å². The normalized spacial score (nSPS) is 17.9. The van der Waals surface area contributed by atoms with Crippen molar-refractivity contribution in [3.8, 4) is 5.69 Å². The highest BCUT2D eigenvalue weighted by Gasteiger charge is 2.24. The van der Waals surface area contributed by atoms with E-state index in [9.17, 15) is 0 Å². The van der Waals surface area contributed by atoms with Crippen molar-refractivity contribution in [1.29, 1.82) is 0 Å². The van der Waals surface area contributed by atoms with Crippen molar-refractivity contribution in [1.82, 2.24) is 24.2 Å². The maximum Gasteiger partial charge on any atom is 0.0939 e. The van der Waals surface area contributed by atoms with Crippen LogP contribution in [0, 0.1) is 6.92 Å². The summed E-state index contributed by atoms with van der Waals surface area (Å²) in [6, 6.07) is 18.6. The number of hydrogen-bond donors (Lipinski definition) is 0. The molecule has 1 aromatic heterocycles. The van der Waals surface area contributed by atoms with Crippen LogP contribution in [0.5, 0.6) is 0 Å². The first-order valence-electron chi connectivity index (χ1n) is 15.2. The van der Waals surface area contributed by atoms with Crippen molar-refractivity contribution < 1.29 is 0 Å². The number of hydrogen-bond acceptors (Lipinski definition) is 8. The smallest absolute Gasteiger partial charge is 0.0939 e. The summed E-state index contributed by atoms with van der Waals surface area (Å²) < 4.78 is 2.48. The van der Waals surface area contributed by atoms with Crippen LogP contribution in [0.3, 0.4) is 0 Å². The first-order valence-corrected chi connectivity index (χ1v) is 15.2. The summed E-state index contributed by atoms with van der Waals surface area (Å²) in [6.45, 7) is 5.58. The van der Waals surface area contributed by atoms with Gasteiger partial charge < -0.3 is 43.8 Å². The average Bonchev–Trinajstić information content (AvgIpc) is 3.85. The van der Waals surface area contributed by atoms with Crippen LogP contribution in [-0.2, 0) is 0 Å². The molecule has 224 valence electrons. The molecular weight excluding hydrogens is 546 g/mol. The molecule has 8 rings (SSSR count). The second-order valence-electron chi connectivity index (χ2n) is 12.5. The van der Waals surface area contributed by atoms with Gasteiger partial charge in [0, 0.05) is 111 Å². The number of rotatable bonds is 5. The van der Waals surface area contributed by atoms with Crippen LogP contribution < -0.4 is 19.6 Å². The number of fused-ring (bicyclic) bond motifs is 3. The summed E-state index contributed by atoms with van der Waals surface area (Å²) in [4.78, 5) is 18.2. The Morgan fingerprint density at radius 2 is 0.818 bits per heavy atom. The molecule has 0 fully saturated rings. The molecule has 9 heteroatoms. The third-order valence-electron chi connectivity index (χ3n) is 9.12. The second kappa shape index (κ2) is 9.94. The van der Waals surface area contributed by atoms with E-state index in [2.05, 4.69) is 177 Å². The first kappa shape index (κ1) is 26.4. The molecule has 44 heavy (non-hydrogen) atoms. The van der Waals surface area contributed by atoms with E-state index in [0.717, 1.165) is 32.4 Å². The van der Waals surface area contributed by atoms with Gasteiger partial charge in [0.2, 0.25) is 0 Å². The Morgan fingerprint density at radius 1 is 0.432 bits per heavy atom. The van der Waals surface area contributed by atoms with Gasteiger partial charge in [-0.2, -0.15) is 0 Å². The maximum absolute atomic E-state index is 2.48. The van der Waals surface area contributed by atoms with E-state index in [4.69, 9.17) is 0 Å². The molecule has 9 nitrogen and oxygen atoms in total. The van der Waals surface area contributed by atoms with Gasteiger partial charge in [-0.15, -0.1) is 0 Å². The van der Waals surface area contributed by atoms with Gasteiger partial charge in [-0.05, 0) is 48.9 Å². The monoisotopic (exact) mass is 585 g/mol. The Morgan fingerprint density at radius 3 is 1.18 bits per heavy atom. The van der Waals surface area contributed by atoms with Crippen LogP contribution in [-0.4, -0.2) is 79.0 Å². The predicted molar refractivity (Wildman–Crippen MR) is 183 cm³/mol. The first-order chi connectivity index (χ1) is 21.3. The van der Waals surface area contributed by atoms with Gasteiger partial charge in [-0.3, -0.25) is 0 Å². The molecule has 4 aliphatic rings. The van der Waals surface area contributed by atoms with E-state index in [1.165, 1.54) is 50.1 Å². The molecule has 0 unspecified atom stereocenters. The Balaban J connectivity index is 1.38. The molecule has 3 aromatic carbocycles. The molecule has 0 saturated carbocycles. The molecule has 4 aliphatic heterocycles. The fourth-order valence-electron chi connectivity index (χ4n) is 6.79. The van der Waals surface area contributed by atoms with Crippen molar-refractivity contribution in [2.45, 2.75) is 6.92 Å². The Labute approximate surface area is 259 Å². The molecule has 0 spiro atoms. The minimum absolute atomic E-state index is 0.824. The molecule has 0 aliphatic carbocycles. The van der Waals surface area contributed by atoms with E-state index in [1.54, 1.807) is 0 Å². The lowest BCUT2D eigenvalue weighted by molar-refractivity contribution is 0.494. The minimum atomic E-state index is 0.824. The topological polar surface area (TPSA) is 30.9 Å². The van der Waals surface area contributed by atoms with Crippen molar-refractivity contribution >= 4 is 44.6 Å². The minimum Gasteiger partial charge on any atom is -0.361 e. The van der Waals surface area contributed by atoms with Crippen molar-refractivity contribution in [2.75, 3.05) is 74.5 Å². The molecule has 5 heterocycles. The summed E-state index contributed by atoms with van der Waals surface area (Å²) >= 11 is 0. The molecule has 0 saturated heterocycles. The van der Waals surface area contributed by atoms with E-state index in [1.807, 2.05) is 0 Å². The fourth-order valence-corrected chi connectivity index (χ4v) is 6.79. The number of anilines is 4. The Bertz CT molecular complexity index is 1770. The quantitative estimate of drug-likeness (QED) is 0.290. The van der Waals surface area contributed by atoms with Gasteiger partial charge in [0.25, 0.3) is 0 Å². The van der Waals surface area contributed by atoms with Gasteiger partial charge in [-0.1, -0.05) is 12.1 Å². The number of benzene rings is 3. The summed E-state index contributed by atoms with van der Waals surface area (Å²) in [7, 11) is 8.47. The molecule has 0 atom stereocenters. The SMILES string of the molecule is Cc1c(N2C=CN(C)C2)cc(-n2c3cc(N4C=CN(C)C4)ccc3c3ccc(N4C=CN(C)C4)cc32)cc1N1C=CN(C)C1. The Hall–Kier alpha value is -5.18. The molecule has 0 radical (unpaired) electrons. The van der Waals surface area contributed by atoms with Crippen molar-refractivity contribution in [3.63, 3.8) is 0 Å². The summed E-state index contributed by atoms with van der Waals surface area (Å²) in [5.41, 5.74) is 9.65. The fraction of sp³-hybridized carbons (Fsp3) is 0.257. The largest absolute Gasteiger partial charge is 0.361 e. The van der Waals surface area contributed by atoms with Gasteiger partial charge >= 0.3 is 0 Å². The highest BCUT2D eigenvalue weighted by Crippen LogP contribution is 2.41. The van der Waals surface area contributed by atoms with Crippen molar-refractivity contribution in [3.05, 3.63) is 104 Å². The maximum atomic E-state index is 2.48. The van der Waals surface area contributed by atoms with Gasteiger partial charge in [0.05, 0.1) is 43.4 Å². The zero-order chi connectivity index (χ0) is 30.1. The molecule has 0 bridgehead atoms. The predicted octanol–water partition coefficient (Wildman–Crippen LogP) is 5.81. The lowest BCUT2D eigenvalue weighted by atomic mass is 10.1. The van der Waals surface area contributed by atoms with Crippen LogP contribution in [0.2, 0.25) is 0 Å². The van der Waals surface area contributed by atoms with E-state index in [0.29, 0.717) is 0 Å². The lowest BCUT2D eigenvalue weighted by Crippen LogP contribution is -2.25. The Kier molecular flexibility index (Phi) is 5.97. The molecular formula is C35H39N9. The van der Waals surface area contributed by atoms with E-state index < -0.39 is 0 Å². The highest BCUT2D eigenvalue weighted by molar-refractivity contribution is 6.11. The third-order valence-corrected chi connectivity index (χ3v) is 9.12. The summed E-state index contributed by atoms with van der Waals surface area (Å²) in [5, 5.41) is 2.51. The lowest BCUT2D eigenvalue weighted by Gasteiger charge is -2.27. The van der Waals surface area contributed by atoms with Crippen LogP contribution in [0.1, 0.15) is 5.56 Å².